The van der Waals surface area contributed by atoms with Crippen LogP contribution >= 0.6 is 0 Å². The zero-order valence-corrected chi connectivity index (χ0v) is 21.3. The van der Waals surface area contributed by atoms with Crippen LogP contribution in [-0.4, -0.2) is 41.6 Å². The first-order valence-corrected chi connectivity index (χ1v) is 11.9. The molecule has 9 nitrogen and oxygen atoms in total. The summed E-state index contributed by atoms with van der Waals surface area (Å²) >= 11 is 0. The van der Waals surface area contributed by atoms with E-state index in [1.54, 1.807) is 48.5 Å². The fourth-order valence-electron chi connectivity index (χ4n) is 4.39. The second-order valence-electron chi connectivity index (χ2n) is 8.88. The minimum atomic E-state index is -1.05. The second kappa shape index (κ2) is 10.8. The van der Waals surface area contributed by atoms with Gasteiger partial charge in [0.15, 0.2) is 28.4 Å². The van der Waals surface area contributed by atoms with Crippen LogP contribution in [-0.2, 0) is 9.53 Å². The summed E-state index contributed by atoms with van der Waals surface area (Å²) in [5, 5.41) is 32.1. The number of benzene rings is 3. The monoisotopic (exact) mass is 520 g/mol. The number of hydrogen-bond donors (Lipinski definition) is 3. The van der Waals surface area contributed by atoms with Gasteiger partial charge in [0.1, 0.15) is 16.7 Å². The highest BCUT2D eigenvalue weighted by atomic mass is 16.5. The summed E-state index contributed by atoms with van der Waals surface area (Å²) in [5.74, 6) is -3.38. The zero-order chi connectivity index (χ0) is 27.6. The molecule has 3 aromatic carbocycles. The van der Waals surface area contributed by atoms with Gasteiger partial charge in [0.05, 0.1) is 26.7 Å². The van der Waals surface area contributed by atoms with Crippen molar-refractivity contribution in [1.82, 2.24) is 0 Å². The van der Waals surface area contributed by atoms with Gasteiger partial charge in [0.25, 0.3) is 0 Å². The Balaban J connectivity index is 2.13. The van der Waals surface area contributed by atoms with Crippen molar-refractivity contribution in [2.24, 2.45) is 0 Å². The molecule has 0 saturated heterocycles. The van der Waals surface area contributed by atoms with E-state index in [0.29, 0.717) is 22.6 Å². The van der Waals surface area contributed by atoms with E-state index in [4.69, 9.17) is 18.6 Å². The number of para-hydroxylation sites is 1. The van der Waals surface area contributed by atoms with Gasteiger partial charge in [0.2, 0.25) is 5.75 Å². The maximum atomic E-state index is 13.2. The van der Waals surface area contributed by atoms with Crippen LogP contribution in [0.25, 0.3) is 22.3 Å². The van der Waals surface area contributed by atoms with Crippen molar-refractivity contribution in [3.63, 3.8) is 0 Å². The normalized spacial score (nSPS) is 11.9. The highest BCUT2D eigenvalue weighted by molar-refractivity contribution is 5.94. The van der Waals surface area contributed by atoms with E-state index in [1.165, 1.54) is 20.3 Å². The Hall–Kier alpha value is -4.66. The molecule has 0 bridgehead atoms. The Bertz CT molecular complexity index is 1540. The average Bonchev–Trinajstić information content (AvgIpc) is 2.91. The highest BCUT2D eigenvalue weighted by Gasteiger charge is 2.33. The molecule has 0 unspecified atom stereocenters. The lowest BCUT2D eigenvalue weighted by Crippen LogP contribution is -2.15. The molecule has 4 aromatic rings. The van der Waals surface area contributed by atoms with Crippen molar-refractivity contribution < 1.29 is 38.7 Å². The van der Waals surface area contributed by atoms with Crippen molar-refractivity contribution in [1.29, 1.82) is 0 Å². The summed E-state index contributed by atoms with van der Waals surface area (Å²) in [5.41, 5.74) is 0.0196. The Morgan fingerprint density at radius 2 is 1.66 bits per heavy atom. The smallest absolute Gasteiger partial charge is 0.306 e. The number of fused-ring (bicyclic) bond motifs is 1. The van der Waals surface area contributed by atoms with Gasteiger partial charge in [-0.3, -0.25) is 9.59 Å². The average molecular weight is 521 g/mol. The van der Waals surface area contributed by atoms with Gasteiger partial charge < -0.3 is 33.9 Å². The van der Waals surface area contributed by atoms with Gasteiger partial charge in [-0.05, 0) is 19.9 Å². The first kappa shape index (κ1) is 26.4. The minimum Gasteiger partial charge on any atom is -0.504 e. The van der Waals surface area contributed by atoms with E-state index in [2.05, 4.69) is 0 Å². The van der Waals surface area contributed by atoms with Crippen molar-refractivity contribution in [3.05, 3.63) is 75.9 Å². The van der Waals surface area contributed by atoms with E-state index >= 15 is 0 Å². The van der Waals surface area contributed by atoms with E-state index in [-0.39, 0.29) is 34.8 Å². The molecule has 198 valence electrons. The number of carbonyl (C=O) groups is 1. The SMILES string of the molecule is COC(=O)C[C@H](c1cccc(OC)c1OC(C)C)c1c(O)c(O)c(O)c2c(=O)cc(-c3ccccc3)oc12. The van der Waals surface area contributed by atoms with Gasteiger partial charge in [-0.2, -0.15) is 0 Å². The van der Waals surface area contributed by atoms with E-state index in [9.17, 15) is 24.9 Å². The summed E-state index contributed by atoms with van der Waals surface area (Å²) in [7, 11) is 2.68. The molecule has 4 rings (SSSR count). The van der Waals surface area contributed by atoms with Crippen LogP contribution in [0.5, 0.6) is 28.7 Å². The zero-order valence-electron chi connectivity index (χ0n) is 21.3. The van der Waals surface area contributed by atoms with Crippen LogP contribution in [0.1, 0.15) is 37.3 Å². The molecule has 1 heterocycles. The van der Waals surface area contributed by atoms with E-state index in [0.717, 1.165) is 0 Å². The van der Waals surface area contributed by atoms with E-state index < -0.39 is 34.6 Å². The van der Waals surface area contributed by atoms with Crippen LogP contribution in [0.15, 0.2) is 63.8 Å². The summed E-state index contributed by atoms with van der Waals surface area (Å²) < 4.78 is 22.6. The number of esters is 1. The lowest BCUT2D eigenvalue weighted by Gasteiger charge is -2.25. The molecule has 3 N–H and O–H groups in total. The third-order valence-electron chi connectivity index (χ3n) is 6.10. The van der Waals surface area contributed by atoms with Crippen molar-refractivity contribution >= 4 is 16.9 Å². The molecule has 0 amide bonds. The van der Waals surface area contributed by atoms with Crippen LogP contribution in [0.2, 0.25) is 0 Å². The van der Waals surface area contributed by atoms with Crippen LogP contribution in [0.3, 0.4) is 0 Å². The molecule has 0 radical (unpaired) electrons. The molecular formula is C29H28O9. The maximum Gasteiger partial charge on any atom is 0.306 e. The molecule has 0 fully saturated rings. The highest BCUT2D eigenvalue weighted by Crippen LogP contribution is 2.51. The first-order chi connectivity index (χ1) is 18.2. The predicted molar refractivity (Wildman–Crippen MR) is 140 cm³/mol. The number of aromatic hydroxyl groups is 3. The fourth-order valence-corrected chi connectivity index (χ4v) is 4.39. The number of methoxy groups -OCH3 is 2. The quantitative estimate of drug-likeness (QED) is 0.215. The van der Waals surface area contributed by atoms with E-state index in [1.807, 2.05) is 13.8 Å². The number of ether oxygens (including phenoxy) is 3. The van der Waals surface area contributed by atoms with Gasteiger partial charge in [-0.15, -0.1) is 0 Å². The number of hydrogen-bond acceptors (Lipinski definition) is 9. The van der Waals surface area contributed by atoms with Gasteiger partial charge in [0, 0.05) is 28.7 Å². The predicted octanol–water partition coefficient (Wildman–Crippen LogP) is 5.07. The molecule has 0 aliphatic rings. The summed E-state index contributed by atoms with van der Waals surface area (Å²) in [4.78, 5) is 25.8. The third kappa shape index (κ3) is 4.82. The number of phenols is 3. The standard InChI is InChI=1S/C29H28O9/c1-15(2)37-28-17(11-8-12-20(28)35-3)18(13-22(31)36-4)23-25(32)27(34)26(33)24-19(30)14-21(38-29(23)24)16-9-6-5-7-10-16/h5-12,14-15,18,32-34H,13H2,1-4H3/t18-/m1/s1. The van der Waals surface area contributed by atoms with Crippen molar-refractivity contribution in [3.8, 4) is 40.1 Å². The molecule has 0 spiro atoms. The van der Waals surface area contributed by atoms with Crippen LogP contribution in [0.4, 0.5) is 0 Å². The third-order valence-corrected chi connectivity index (χ3v) is 6.10. The topological polar surface area (TPSA) is 136 Å². The molecule has 0 aliphatic heterocycles. The van der Waals surface area contributed by atoms with Crippen LogP contribution < -0.4 is 14.9 Å². The molecule has 1 aromatic heterocycles. The second-order valence-corrected chi connectivity index (χ2v) is 8.88. The number of carbonyl (C=O) groups excluding carboxylic acids is 1. The Labute approximate surface area is 218 Å². The number of phenolic OH excluding ortho intramolecular Hbond substituents is 3. The molecule has 0 aliphatic carbocycles. The lowest BCUT2D eigenvalue weighted by atomic mass is 9.85. The molecule has 0 saturated carbocycles. The maximum absolute atomic E-state index is 13.2. The van der Waals surface area contributed by atoms with Crippen LogP contribution in [0, 0.1) is 0 Å². The Kier molecular flexibility index (Phi) is 7.47. The Morgan fingerprint density at radius 3 is 2.29 bits per heavy atom. The van der Waals surface area contributed by atoms with Gasteiger partial charge >= 0.3 is 5.97 Å². The molecule has 38 heavy (non-hydrogen) atoms. The minimum absolute atomic E-state index is 0.0996. The largest absolute Gasteiger partial charge is 0.504 e. The summed E-state index contributed by atoms with van der Waals surface area (Å²) in [6.45, 7) is 3.63. The Morgan fingerprint density at radius 1 is 0.947 bits per heavy atom. The van der Waals surface area contributed by atoms with Crippen molar-refractivity contribution in [2.75, 3.05) is 14.2 Å². The molecule has 9 heteroatoms. The molecular weight excluding hydrogens is 492 g/mol. The van der Waals surface area contributed by atoms with Crippen molar-refractivity contribution in [2.45, 2.75) is 32.3 Å². The lowest BCUT2D eigenvalue weighted by molar-refractivity contribution is -0.140. The first-order valence-electron chi connectivity index (χ1n) is 11.9. The fraction of sp³-hybridized carbons (Fsp3) is 0.241. The molecule has 1 atom stereocenters. The van der Waals surface area contributed by atoms with Gasteiger partial charge in [-0.25, -0.2) is 0 Å². The van der Waals surface area contributed by atoms with Gasteiger partial charge in [-0.1, -0.05) is 42.5 Å². The summed E-state index contributed by atoms with van der Waals surface area (Å²) in [6, 6.07) is 15.0. The number of rotatable bonds is 8. The summed E-state index contributed by atoms with van der Waals surface area (Å²) in [6.07, 6.45) is -0.616.